The Kier molecular flexibility index (Phi) is 2.32. The summed E-state index contributed by atoms with van der Waals surface area (Å²) in [6.07, 6.45) is 1.04. The van der Waals surface area contributed by atoms with Gasteiger partial charge in [0.1, 0.15) is 12.3 Å². The largest absolute Gasteiger partial charge is 0.390 e. The zero-order valence-electron chi connectivity index (χ0n) is 5.97. The molecule has 1 N–H and O–H groups in total. The molecule has 1 aromatic rings. The number of hydrogen-bond donors (Lipinski definition) is 1. The van der Waals surface area contributed by atoms with E-state index < -0.39 is 24.0 Å². The number of aromatic nitrogens is 1. The molecule has 66 valence electrons. The lowest BCUT2D eigenvalue weighted by molar-refractivity contribution is -0.0620. The Balaban J connectivity index is 3.10. The standard InChI is InChI=1S/C7H6F3NO/c8-5-2-1-3-11-6(5)7(9,10)4-12/h1-3,12H,4H2. The fourth-order valence-corrected chi connectivity index (χ4v) is 0.730. The molecular weight excluding hydrogens is 171 g/mol. The number of pyridine rings is 1. The Bertz CT molecular complexity index is 277. The van der Waals surface area contributed by atoms with E-state index >= 15 is 0 Å². The van der Waals surface area contributed by atoms with Crippen molar-refractivity contribution in [2.24, 2.45) is 0 Å². The maximum absolute atomic E-state index is 12.6. The minimum Gasteiger partial charge on any atom is -0.390 e. The summed E-state index contributed by atoms with van der Waals surface area (Å²) in [7, 11) is 0. The van der Waals surface area contributed by atoms with Crippen molar-refractivity contribution in [3.05, 3.63) is 29.8 Å². The van der Waals surface area contributed by atoms with Crippen LogP contribution in [0.15, 0.2) is 18.3 Å². The zero-order chi connectivity index (χ0) is 9.19. The molecule has 12 heavy (non-hydrogen) atoms. The molecule has 0 saturated heterocycles. The maximum Gasteiger partial charge on any atom is 0.315 e. The van der Waals surface area contributed by atoms with Crippen LogP contribution in [0.4, 0.5) is 13.2 Å². The predicted octanol–water partition coefficient (Wildman–Crippen LogP) is 1.30. The molecule has 0 bridgehead atoms. The molecule has 0 aliphatic carbocycles. The summed E-state index contributed by atoms with van der Waals surface area (Å²) in [5, 5.41) is 8.22. The van der Waals surface area contributed by atoms with Crippen LogP contribution >= 0.6 is 0 Å². The lowest BCUT2D eigenvalue weighted by atomic mass is 10.2. The van der Waals surface area contributed by atoms with Gasteiger partial charge in [-0.1, -0.05) is 0 Å². The lowest BCUT2D eigenvalue weighted by Crippen LogP contribution is -2.21. The molecule has 5 heteroatoms. The number of halogens is 3. The Morgan fingerprint density at radius 1 is 1.50 bits per heavy atom. The van der Waals surface area contributed by atoms with Gasteiger partial charge in [0.05, 0.1) is 0 Å². The average Bonchev–Trinajstić information content (AvgIpc) is 2.05. The van der Waals surface area contributed by atoms with Crippen LogP contribution in [0.25, 0.3) is 0 Å². The molecule has 2 nitrogen and oxygen atoms in total. The van der Waals surface area contributed by atoms with Crippen molar-refractivity contribution < 1.29 is 18.3 Å². The van der Waals surface area contributed by atoms with E-state index in [2.05, 4.69) is 4.98 Å². The van der Waals surface area contributed by atoms with Gasteiger partial charge >= 0.3 is 5.92 Å². The lowest BCUT2D eigenvalue weighted by Gasteiger charge is -2.12. The molecule has 0 aliphatic rings. The van der Waals surface area contributed by atoms with Crippen molar-refractivity contribution in [3.63, 3.8) is 0 Å². The number of nitrogens with zero attached hydrogens (tertiary/aromatic N) is 1. The molecule has 0 fully saturated rings. The highest BCUT2D eigenvalue weighted by molar-refractivity contribution is 5.12. The molecular formula is C7H6F3NO. The van der Waals surface area contributed by atoms with Crippen LogP contribution in [-0.2, 0) is 5.92 Å². The number of aliphatic hydroxyl groups is 1. The molecule has 1 heterocycles. The molecule has 0 spiro atoms. The molecule has 1 rings (SSSR count). The summed E-state index contributed by atoms with van der Waals surface area (Å²) in [6, 6.07) is 2.07. The quantitative estimate of drug-likeness (QED) is 0.738. The first-order chi connectivity index (χ1) is 5.58. The van der Waals surface area contributed by atoms with Crippen molar-refractivity contribution in [1.29, 1.82) is 0 Å². The van der Waals surface area contributed by atoms with E-state index in [1.54, 1.807) is 0 Å². The van der Waals surface area contributed by atoms with Gasteiger partial charge in [0.2, 0.25) is 0 Å². The van der Waals surface area contributed by atoms with Crippen LogP contribution in [-0.4, -0.2) is 16.7 Å². The maximum atomic E-state index is 12.6. The van der Waals surface area contributed by atoms with Gasteiger partial charge in [-0.15, -0.1) is 0 Å². The molecule has 0 unspecified atom stereocenters. The number of alkyl halides is 2. The van der Waals surface area contributed by atoms with E-state index in [-0.39, 0.29) is 0 Å². The van der Waals surface area contributed by atoms with Gasteiger partial charge in [-0.3, -0.25) is 4.98 Å². The Labute approximate surface area is 66.7 Å². The Hall–Kier alpha value is -1.10. The van der Waals surface area contributed by atoms with Crippen LogP contribution in [0.1, 0.15) is 5.69 Å². The van der Waals surface area contributed by atoms with Gasteiger partial charge in [-0.05, 0) is 12.1 Å². The normalized spacial score (nSPS) is 11.7. The number of hydrogen-bond acceptors (Lipinski definition) is 2. The van der Waals surface area contributed by atoms with E-state index in [0.29, 0.717) is 0 Å². The summed E-state index contributed by atoms with van der Waals surface area (Å²) in [5.74, 6) is -4.72. The van der Waals surface area contributed by atoms with Crippen LogP contribution in [0.2, 0.25) is 0 Å². The first kappa shape index (κ1) is 8.99. The molecule has 0 atom stereocenters. The first-order valence-corrected chi connectivity index (χ1v) is 3.17. The molecule has 0 radical (unpaired) electrons. The van der Waals surface area contributed by atoms with E-state index in [0.717, 1.165) is 12.3 Å². The second kappa shape index (κ2) is 3.10. The second-order valence-corrected chi connectivity index (χ2v) is 2.20. The van der Waals surface area contributed by atoms with E-state index in [1.807, 2.05) is 0 Å². The molecule has 0 saturated carbocycles. The van der Waals surface area contributed by atoms with Crippen molar-refractivity contribution >= 4 is 0 Å². The summed E-state index contributed by atoms with van der Waals surface area (Å²) in [6.45, 7) is -1.44. The third-order valence-corrected chi connectivity index (χ3v) is 1.30. The van der Waals surface area contributed by atoms with E-state index in [4.69, 9.17) is 5.11 Å². The van der Waals surface area contributed by atoms with Crippen LogP contribution < -0.4 is 0 Å². The molecule has 0 aromatic carbocycles. The first-order valence-electron chi connectivity index (χ1n) is 3.17. The van der Waals surface area contributed by atoms with Gasteiger partial charge in [-0.2, -0.15) is 8.78 Å². The van der Waals surface area contributed by atoms with Crippen molar-refractivity contribution in [2.45, 2.75) is 5.92 Å². The summed E-state index contributed by atoms with van der Waals surface area (Å²) < 4.78 is 37.8. The monoisotopic (exact) mass is 177 g/mol. The van der Waals surface area contributed by atoms with Gasteiger partial charge in [0, 0.05) is 6.20 Å². The highest BCUT2D eigenvalue weighted by Crippen LogP contribution is 2.26. The fourth-order valence-electron chi connectivity index (χ4n) is 0.730. The average molecular weight is 177 g/mol. The fraction of sp³-hybridized carbons (Fsp3) is 0.286. The minimum absolute atomic E-state index is 0.867. The van der Waals surface area contributed by atoms with Gasteiger partial charge in [-0.25, -0.2) is 4.39 Å². The SMILES string of the molecule is OCC(F)(F)c1ncccc1F. The van der Waals surface area contributed by atoms with Gasteiger partial charge in [0.25, 0.3) is 0 Å². The summed E-state index contributed by atoms with van der Waals surface area (Å²) in [4.78, 5) is 3.14. The van der Waals surface area contributed by atoms with E-state index in [1.165, 1.54) is 6.07 Å². The zero-order valence-corrected chi connectivity index (χ0v) is 5.97. The van der Waals surface area contributed by atoms with Crippen LogP contribution in [0.3, 0.4) is 0 Å². The van der Waals surface area contributed by atoms with Crippen molar-refractivity contribution in [2.75, 3.05) is 6.61 Å². The minimum atomic E-state index is -3.61. The second-order valence-electron chi connectivity index (χ2n) is 2.20. The van der Waals surface area contributed by atoms with Gasteiger partial charge < -0.3 is 5.11 Å². The number of aliphatic hydroxyl groups excluding tert-OH is 1. The summed E-state index contributed by atoms with van der Waals surface area (Å²) >= 11 is 0. The van der Waals surface area contributed by atoms with E-state index in [9.17, 15) is 13.2 Å². The predicted molar refractivity (Wildman–Crippen MR) is 35.2 cm³/mol. The Morgan fingerprint density at radius 2 is 2.17 bits per heavy atom. The highest BCUT2D eigenvalue weighted by atomic mass is 19.3. The topological polar surface area (TPSA) is 33.1 Å². The summed E-state index contributed by atoms with van der Waals surface area (Å²) in [5.41, 5.74) is -1.02. The highest BCUT2D eigenvalue weighted by Gasteiger charge is 2.35. The third kappa shape index (κ3) is 1.55. The number of rotatable bonds is 2. The van der Waals surface area contributed by atoms with Crippen LogP contribution in [0.5, 0.6) is 0 Å². The molecule has 1 aromatic heterocycles. The third-order valence-electron chi connectivity index (χ3n) is 1.30. The van der Waals surface area contributed by atoms with Crippen molar-refractivity contribution in [1.82, 2.24) is 4.98 Å². The Morgan fingerprint density at radius 3 is 2.67 bits per heavy atom. The van der Waals surface area contributed by atoms with Gasteiger partial charge in [0.15, 0.2) is 5.82 Å². The smallest absolute Gasteiger partial charge is 0.315 e. The molecule has 0 amide bonds. The van der Waals surface area contributed by atoms with Crippen LogP contribution in [0, 0.1) is 5.82 Å². The van der Waals surface area contributed by atoms with Crippen molar-refractivity contribution in [3.8, 4) is 0 Å². The molecule has 0 aliphatic heterocycles.